The summed E-state index contributed by atoms with van der Waals surface area (Å²) in [6, 6.07) is 15.8. The maximum absolute atomic E-state index is 13.3. The van der Waals surface area contributed by atoms with Crippen LogP contribution in [0.15, 0.2) is 54.6 Å². The van der Waals surface area contributed by atoms with Crippen LogP contribution in [0.4, 0.5) is 5.69 Å². The predicted octanol–water partition coefficient (Wildman–Crippen LogP) is 2.62. The summed E-state index contributed by atoms with van der Waals surface area (Å²) >= 11 is 6.08. The summed E-state index contributed by atoms with van der Waals surface area (Å²) in [5.41, 5.74) is 1.69. The molecule has 0 spiro atoms. The number of benzene rings is 2. The van der Waals surface area contributed by atoms with Crippen LogP contribution in [-0.4, -0.2) is 63.0 Å². The Bertz CT molecular complexity index is 929. The molecule has 1 amide bonds. The number of hydrogen-bond donors (Lipinski definition) is 0. The van der Waals surface area contributed by atoms with Crippen LogP contribution in [0.3, 0.4) is 0 Å². The number of piperazine rings is 1. The molecule has 0 bridgehead atoms. The third-order valence-electron chi connectivity index (χ3n) is 5.00. The van der Waals surface area contributed by atoms with Crippen LogP contribution in [0, 0.1) is 0 Å². The summed E-state index contributed by atoms with van der Waals surface area (Å²) in [4.78, 5) is 17.2. The molecule has 150 valence electrons. The first kappa shape index (κ1) is 20.6. The molecule has 1 aliphatic heterocycles. The van der Waals surface area contributed by atoms with Crippen molar-refractivity contribution < 1.29 is 13.2 Å². The molecule has 1 fully saturated rings. The van der Waals surface area contributed by atoms with E-state index < -0.39 is 16.1 Å². The van der Waals surface area contributed by atoms with Gasteiger partial charge < -0.3 is 9.80 Å². The van der Waals surface area contributed by atoms with E-state index in [1.807, 2.05) is 42.5 Å². The molecule has 6 nitrogen and oxygen atoms in total. The number of amides is 1. The zero-order valence-electron chi connectivity index (χ0n) is 16.0. The van der Waals surface area contributed by atoms with Gasteiger partial charge >= 0.3 is 0 Å². The van der Waals surface area contributed by atoms with E-state index in [0.29, 0.717) is 36.8 Å². The maximum atomic E-state index is 13.3. The molecule has 2 aromatic carbocycles. The first-order valence-corrected chi connectivity index (χ1v) is 11.3. The van der Waals surface area contributed by atoms with Crippen molar-refractivity contribution in [1.82, 2.24) is 9.21 Å². The zero-order valence-corrected chi connectivity index (χ0v) is 17.5. The number of nitrogens with zero attached hydrogens (tertiary/aromatic N) is 3. The van der Waals surface area contributed by atoms with Gasteiger partial charge in [0.25, 0.3) is 0 Å². The molecule has 0 aliphatic carbocycles. The highest BCUT2D eigenvalue weighted by Crippen LogP contribution is 2.26. The highest BCUT2D eigenvalue weighted by Gasteiger charge is 2.35. The number of carbonyl (C=O) groups excluding carboxylic acids is 1. The van der Waals surface area contributed by atoms with Crippen LogP contribution < -0.4 is 4.90 Å². The minimum Gasteiger partial charge on any atom is -0.368 e. The van der Waals surface area contributed by atoms with Crippen molar-refractivity contribution in [2.75, 3.05) is 44.4 Å². The first-order chi connectivity index (χ1) is 13.3. The molecule has 3 rings (SSSR count). The Labute approximate surface area is 171 Å². The Morgan fingerprint density at radius 2 is 1.68 bits per heavy atom. The quantitative estimate of drug-likeness (QED) is 0.744. The molecule has 0 unspecified atom stereocenters. The second kappa shape index (κ2) is 8.51. The van der Waals surface area contributed by atoms with Gasteiger partial charge in [0.15, 0.2) is 0 Å². The summed E-state index contributed by atoms with van der Waals surface area (Å²) in [5.74, 6) is -0.204. The van der Waals surface area contributed by atoms with E-state index in [1.54, 1.807) is 17.0 Å². The lowest BCUT2D eigenvalue weighted by molar-refractivity contribution is -0.135. The lowest BCUT2D eigenvalue weighted by Gasteiger charge is -2.39. The van der Waals surface area contributed by atoms with Gasteiger partial charge in [-0.3, -0.25) is 4.79 Å². The molecule has 0 saturated carbocycles. The van der Waals surface area contributed by atoms with Crippen molar-refractivity contribution in [1.29, 1.82) is 0 Å². The topological polar surface area (TPSA) is 60.9 Å². The SMILES string of the molecule is CN([C@H](C(=O)N1CCN(c2cccc(Cl)c2)CC1)c1ccccc1)S(C)(=O)=O. The number of hydrogen-bond acceptors (Lipinski definition) is 4. The lowest BCUT2D eigenvalue weighted by atomic mass is 10.1. The van der Waals surface area contributed by atoms with Gasteiger partial charge in [-0.2, -0.15) is 4.31 Å². The average Bonchev–Trinajstić information content (AvgIpc) is 2.68. The van der Waals surface area contributed by atoms with Crippen LogP contribution in [0.5, 0.6) is 0 Å². The van der Waals surface area contributed by atoms with E-state index in [9.17, 15) is 13.2 Å². The zero-order chi connectivity index (χ0) is 20.3. The van der Waals surface area contributed by atoms with E-state index in [2.05, 4.69) is 4.90 Å². The molecular formula is C20H24ClN3O3S. The molecule has 2 aromatic rings. The van der Waals surface area contributed by atoms with E-state index in [-0.39, 0.29) is 5.91 Å². The van der Waals surface area contributed by atoms with Crippen molar-refractivity contribution in [3.05, 3.63) is 65.2 Å². The molecule has 1 heterocycles. The van der Waals surface area contributed by atoms with Gasteiger partial charge in [0.05, 0.1) is 6.26 Å². The highest BCUT2D eigenvalue weighted by atomic mass is 35.5. The second-order valence-corrected chi connectivity index (χ2v) is 9.36. The largest absolute Gasteiger partial charge is 0.368 e. The monoisotopic (exact) mass is 421 g/mol. The normalized spacial score (nSPS) is 16.3. The van der Waals surface area contributed by atoms with Crippen LogP contribution in [-0.2, 0) is 14.8 Å². The Hall–Kier alpha value is -2.09. The van der Waals surface area contributed by atoms with Gasteiger partial charge in [-0.15, -0.1) is 0 Å². The van der Waals surface area contributed by atoms with Gasteiger partial charge in [0, 0.05) is 43.9 Å². The van der Waals surface area contributed by atoms with Crippen molar-refractivity contribution >= 4 is 33.2 Å². The van der Waals surface area contributed by atoms with E-state index in [4.69, 9.17) is 11.6 Å². The van der Waals surface area contributed by atoms with Crippen LogP contribution >= 0.6 is 11.6 Å². The predicted molar refractivity (Wildman–Crippen MR) is 112 cm³/mol. The van der Waals surface area contributed by atoms with Gasteiger partial charge in [-0.1, -0.05) is 48.0 Å². The van der Waals surface area contributed by atoms with Crippen molar-refractivity contribution in [2.45, 2.75) is 6.04 Å². The molecule has 0 aromatic heterocycles. The smallest absolute Gasteiger partial charge is 0.245 e. The fourth-order valence-electron chi connectivity index (χ4n) is 3.37. The summed E-state index contributed by atoms with van der Waals surface area (Å²) < 4.78 is 25.4. The molecular weight excluding hydrogens is 398 g/mol. The highest BCUT2D eigenvalue weighted by molar-refractivity contribution is 7.88. The van der Waals surface area contributed by atoms with E-state index in [0.717, 1.165) is 16.2 Å². The van der Waals surface area contributed by atoms with E-state index in [1.165, 1.54) is 7.05 Å². The second-order valence-electron chi connectivity index (χ2n) is 6.88. The van der Waals surface area contributed by atoms with Gasteiger partial charge in [0.2, 0.25) is 15.9 Å². The van der Waals surface area contributed by atoms with Crippen LogP contribution in [0.1, 0.15) is 11.6 Å². The number of likely N-dealkylation sites (N-methyl/N-ethyl adjacent to an activating group) is 1. The number of halogens is 1. The fourth-order valence-corrected chi connectivity index (χ4v) is 4.15. The van der Waals surface area contributed by atoms with Gasteiger partial charge in [0.1, 0.15) is 6.04 Å². The van der Waals surface area contributed by atoms with Gasteiger partial charge in [-0.25, -0.2) is 8.42 Å². The van der Waals surface area contributed by atoms with Gasteiger partial charge in [-0.05, 0) is 23.8 Å². The molecule has 1 saturated heterocycles. The Morgan fingerprint density at radius 3 is 2.25 bits per heavy atom. The number of carbonyl (C=O) groups is 1. The lowest BCUT2D eigenvalue weighted by Crippen LogP contribution is -2.52. The summed E-state index contributed by atoms with van der Waals surface area (Å²) in [7, 11) is -2.08. The third-order valence-corrected chi connectivity index (χ3v) is 6.49. The summed E-state index contributed by atoms with van der Waals surface area (Å²) in [6.45, 7) is 2.37. The van der Waals surface area contributed by atoms with Crippen molar-refractivity contribution in [2.24, 2.45) is 0 Å². The average molecular weight is 422 g/mol. The Kier molecular flexibility index (Phi) is 6.27. The third kappa shape index (κ3) is 4.66. The minimum absolute atomic E-state index is 0.204. The van der Waals surface area contributed by atoms with Crippen molar-refractivity contribution in [3.63, 3.8) is 0 Å². The number of sulfonamides is 1. The van der Waals surface area contributed by atoms with Crippen LogP contribution in [0.25, 0.3) is 0 Å². The van der Waals surface area contributed by atoms with Crippen molar-refractivity contribution in [3.8, 4) is 0 Å². The molecule has 0 radical (unpaired) electrons. The Balaban J connectivity index is 1.77. The summed E-state index contributed by atoms with van der Waals surface area (Å²) in [6.07, 6.45) is 1.12. The fraction of sp³-hybridized carbons (Fsp3) is 0.350. The molecule has 28 heavy (non-hydrogen) atoms. The van der Waals surface area contributed by atoms with E-state index >= 15 is 0 Å². The Morgan fingerprint density at radius 1 is 1.04 bits per heavy atom. The standard InChI is InChI=1S/C20H24ClN3O3S/c1-22(28(2,26)27)19(16-7-4-3-5-8-16)20(25)24-13-11-23(12-14-24)18-10-6-9-17(21)15-18/h3-10,15,19H,11-14H2,1-2H3/t19-/m0/s1. The number of rotatable bonds is 5. The summed E-state index contributed by atoms with van der Waals surface area (Å²) in [5, 5.41) is 0.676. The molecule has 1 atom stereocenters. The maximum Gasteiger partial charge on any atom is 0.245 e. The van der Waals surface area contributed by atoms with Crippen LogP contribution in [0.2, 0.25) is 5.02 Å². The first-order valence-electron chi connectivity index (χ1n) is 9.04. The molecule has 8 heteroatoms. The molecule has 0 N–H and O–H groups in total. The molecule has 1 aliphatic rings. The minimum atomic E-state index is -3.53. The number of anilines is 1.